The molecule has 0 aliphatic rings. The van der Waals surface area contributed by atoms with Gasteiger partial charge in [0.1, 0.15) is 0 Å². The Labute approximate surface area is 91.9 Å². The van der Waals surface area contributed by atoms with Crippen molar-refractivity contribution in [1.29, 1.82) is 0 Å². The predicted octanol–water partition coefficient (Wildman–Crippen LogP) is 1.63. The summed E-state index contributed by atoms with van der Waals surface area (Å²) >= 11 is 0. The van der Waals surface area contributed by atoms with Crippen molar-refractivity contribution in [1.82, 2.24) is 0 Å². The van der Waals surface area contributed by atoms with Gasteiger partial charge in [-0.1, -0.05) is 30.3 Å². The third-order valence-electron chi connectivity index (χ3n) is 2.04. The Bertz CT molecular complexity index is 394. The van der Waals surface area contributed by atoms with Crippen molar-refractivity contribution in [2.75, 3.05) is 18.8 Å². The number of hydrogen-bond donors (Lipinski definition) is 1. The van der Waals surface area contributed by atoms with E-state index in [4.69, 9.17) is 5.73 Å². The quantitative estimate of drug-likeness (QED) is 0.829. The first kappa shape index (κ1) is 12.2. The normalized spacial score (nSPS) is 14.5. The number of benzene rings is 1. The van der Waals surface area contributed by atoms with Crippen molar-refractivity contribution in [3.05, 3.63) is 35.9 Å². The van der Waals surface area contributed by atoms with E-state index in [0.717, 1.165) is 5.56 Å². The average molecular weight is 226 g/mol. The highest BCUT2D eigenvalue weighted by Gasteiger charge is 2.08. The topological polar surface area (TPSA) is 55.5 Å². The summed E-state index contributed by atoms with van der Waals surface area (Å²) in [6.45, 7) is 2.92. The van der Waals surface area contributed by atoms with Crippen molar-refractivity contribution < 1.29 is 4.21 Å². The zero-order chi connectivity index (χ0) is 11.1. The maximum absolute atomic E-state index is 12.3. The summed E-state index contributed by atoms with van der Waals surface area (Å²) in [5.74, 6) is 0.995. The molecule has 0 radical (unpaired) electrons. The molecular weight excluding hydrogens is 208 g/mol. The molecule has 84 valence electrons. The fourth-order valence-electron chi connectivity index (χ4n) is 1.44. The molecule has 1 aromatic carbocycles. The lowest BCUT2D eigenvalue weighted by Gasteiger charge is -2.08. The van der Waals surface area contributed by atoms with Gasteiger partial charge in [0.2, 0.25) is 0 Å². The van der Waals surface area contributed by atoms with Gasteiger partial charge in [-0.15, -0.1) is 0 Å². The fourth-order valence-corrected chi connectivity index (χ4v) is 3.35. The van der Waals surface area contributed by atoms with Crippen molar-refractivity contribution >= 4 is 9.73 Å². The minimum Gasteiger partial charge on any atom is -0.330 e. The smallest absolute Gasteiger partial charge is 0.0568 e. The van der Waals surface area contributed by atoms with E-state index in [9.17, 15) is 4.21 Å². The summed E-state index contributed by atoms with van der Waals surface area (Å²) in [6.07, 6.45) is 0. The van der Waals surface area contributed by atoms with Gasteiger partial charge in [0, 0.05) is 18.8 Å². The second-order valence-electron chi connectivity index (χ2n) is 3.34. The fraction of sp³-hybridized carbons (Fsp3) is 0.455. The third-order valence-corrected chi connectivity index (χ3v) is 4.42. The molecule has 0 aromatic heterocycles. The minimum absolute atomic E-state index is 0.426. The molecule has 0 spiro atoms. The molecule has 0 aliphatic carbocycles. The van der Waals surface area contributed by atoms with E-state index < -0.39 is 9.73 Å². The highest BCUT2D eigenvalue weighted by Crippen LogP contribution is 2.08. The standard InChI is InChI=1S/C11H18N2OS/c1-2-13-15(14,9-8-12)10-11-6-4-3-5-7-11/h3-7H,2,8-10,12H2,1H3. The van der Waals surface area contributed by atoms with Crippen LogP contribution in [0.4, 0.5) is 0 Å². The Morgan fingerprint density at radius 1 is 1.33 bits per heavy atom. The van der Waals surface area contributed by atoms with E-state index >= 15 is 0 Å². The number of nitrogens with two attached hydrogens (primary N) is 1. The zero-order valence-electron chi connectivity index (χ0n) is 9.06. The van der Waals surface area contributed by atoms with Crippen LogP contribution in [-0.2, 0) is 15.5 Å². The van der Waals surface area contributed by atoms with Gasteiger partial charge >= 0.3 is 0 Å². The second kappa shape index (κ2) is 5.88. The van der Waals surface area contributed by atoms with Crippen LogP contribution < -0.4 is 5.73 Å². The zero-order valence-corrected chi connectivity index (χ0v) is 9.87. The van der Waals surface area contributed by atoms with Gasteiger partial charge < -0.3 is 5.73 Å². The van der Waals surface area contributed by atoms with Gasteiger partial charge in [-0.2, -0.15) is 0 Å². The number of rotatable bonds is 5. The minimum atomic E-state index is -2.14. The van der Waals surface area contributed by atoms with Crippen LogP contribution in [-0.4, -0.2) is 23.1 Å². The van der Waals surface area contributed by atoms with Crippen molar-refractivity contribution in [2.24, 2.45) is 10.1 Å². The molecule has 0 aliphatic heterocycles. The molecule has 0 heterocycles. The van der Waals surface area contributed by atoms with Crippen LogP contribution in [0.1, 0.15) is 12.5 Å². The lowest BCUT2D eigenvalue weighted by atomic mass is 10.2. The Balaban J connectivity index is 2.86. The monoisotopic (exact) mass is 226 g/mol. The van der Waals surface area contributed by atoms with Gasteiger partial charge in [0.25, 0.3) is 0 Å². The van der Waals surface area contributed by atoms with Crippen LogP contribution in [0.3, 0.4) is 0 Å². The molecule has 4 heteroatoms. The van der Waals surface area contributed by atoms with Crippen molar-refractivity contribution in [3.63, 3.8) is 0 Å². The molecule has 15 heavy (non-hydrogen) atoms. The first-order chi connectivity index (χ1) is 7.20. The number of nitrogens with zero attached hydrogens (tertiary/aromatic N) is 1. The van der Waals surface area contributed by atoms with E-state index in [1.807, 2.05) is 37.3 Å². The molecule has 1 rings (SSSR count). The summed E-state index contributed by atoms with van der Waals surface area (Å²) in [5.41, 5.74) is 6.52. The average Bonchev–Trinajstić information content (AvgIpc) is 2.19. The van der Waals surface area contributed by atoms with Gasteiger partial charge in [-0.05, 0) is 12.5 Å². The second-order valence-corrected chi connectivity index (χ2v) is 5.84. The largest absolute Gasteiger partial charge is 0.330 e. The molecule has 0 bridgehead atoms. The summed E-state index contributed by atoms with van der Waals surface area (Å²) in [7, 11) is -2.14. The molecule has 0 fully saturated rings. The molecule has 0 amide bonds. The lowest BCUT2D eigenvalue weighted by molar-refractivity contribution is 0.674. The highest BCUT2D eigenvalue weighted by atomic mass is 32.2. The predicted molar refractivity (Wildman–Crippen MR) is 65.2 cm³/mol. The van der Waals surface area contributed by atoms with Crippen LogP contribution in [0.2, 0.25) is 0 Å². The van der Waals surface area contributed by atoms with E-state index in [0.29, 0.717) is 24.6 Å². The summed E-state index contributed by atoms with van der Waals surface area (Å²) in [5, 5.41) is 0. The summed E-state index contributed by atoms with van der Waals surface area (Å²) in [4.78, 5) is 0. The molecule has 0 saturated heterocycles. The molecular formula is C11H18N2OS. The number of hydrogen-bond acceptors (Lipinski definition) is 3. The highest BCUT2D eigenvalue weighted by molar-refractivity contribution is 7.92. The maximum atomic E-state index is 12.3. The molecule has 2 N–H and O–H groups in total. The molecule has 1 aromatic rings. The first-order valence-electron chi connectivity index (χ1n) is 5.12. The lowest BCUT2D eigenvalue weighted by Crippen LogP contribution is -2.17. The van der Waals surface area contributed by atoms with Crippen LogP contribution in [0.5, 0.6) is 0 Å². The van der Waals surface area contributed by atoms with E-state index in [1.54, 1.807) is 0 Å². The Morgan fingerprint density at radius 2 is 2.00 bits per heavy atom. The summed E-state index contributed by atoms with van der Waals surface area (Å²) in [6, 6.07) is 9.79. The van der Waals surface area contributed by atoms with E-state index in [-0.39, 0.29) is 0 Å². The SMILES string of the molecule is CCN=S(=O)(CCN)Cc1ccccc1. The van der Waals surface area contributed by atoms with Crippen molar-refractivity contribution in [3.8, 4) is 0 Å². The van der Waals surface area contributed by atoms with E-state index in [1.165, 1.54) is 0 Å². The van der Waals surface area contributed by atoms with Gasteiger partial charge in [-0.3, -0.25) is 0 Å². The molecule has 1 unspecified atom stereocenters. The molecule has 3 nitrogen and oxygen atoms in total. The Morgan fingerprint density at radius 3 is 2.53 bits per heavy atom. The van der Waals surface area contributed by atoms with Crippen LogP contribution in [0, 0.1) is 0 Å². The first-order valence-corrected chi connectivity index (χ1v) is 6.98. The van der Waals surface area contributed by atoms with Crippen LogP contribution >= 0.6 is 0 Å². The summed E-state index contributed by atoms with van der Waals surface area (Å²) < 4.78 is 16.5. The maximum Gasteiger partial charge on any atom is 0.0568 e. The molecule has 0 saturated carbocycles. The van der Waals surface area contributed by atoms with Crippen LogP contribution in [0.15, 0.2) is 34.7 Å². The Kier molecular flexibility index (Phi) is 4.78. The van der Waals surface area contributed by atoms with Gasteiger partial charge in [0.15, 0.2) is 0 Å². The van der Waals surface area contributed by atoms with Gasteiger partial charge in [-0.25, -0.2) is 8.57 Å². The van der Waals surface area contributed by atoms with Crippen molar-refractivity contribution in [2.45, 2.75) is 12.7 Å². The van der Waals surface area contributed by atoms with Crippen LogP contribution in [0.25, 0.3) is 0 Å². The Hall–Kier alpha value is -0.870. The van der Waals surface area contributed by atoms with E-state index in [2.05, 4.69) is 4.36 Å². The van der Waals surface area contributed by atoms with Gasteiger partial charge in [0.05, 0.1) is 15.5 Å². The molecule has 1 atom stereocenters. The third kappa shape index (κ3) is 4.01.